The second kappa shape index (κ2) is 18.0. The van der Waals surface area contributed by atoms with Gasteiger partial charge in [0.15, 0.2) is 0 Å². The smallest absolute Gasteiger partial charge is 0.309 e. The van der Waals surface area contributed by atoms with Gasteiger partial charge in [-0.1, -0.05) is 114 Å². The molecular weight excluding hydrogens is 470 g/mol. The molecule has 0 bridgehead atoms. The van der Waals surface area contributed by atoms with E-state index in [0.29, 0.717) is 6.61 Å². The van der Waals surface area contributed by atoms with Crippen LogP contribution in [-0.2, 0) is 22.5 Å². The molecule has 0 spiro atoms. The van der Waals surface area contributed by atoms with E-state index < -0.39 is 0 Å². The molecule has 38 heavy (non-hydrogen) atoms. The van der Waals surface area contributed by atoms with Gasteiger partial charge in [-0.05, 0) is 30.9 Å². The maximum absolute atomic E-state index is 12.8. The molecule has 4 heteroatoms. The van der Waals surface area contributed by atoms with Crippen LogP contribution in [0.3, 0.4) is 0 Å². The van der Waals surface area contributed by atoms with E-state index in [2.05, 4.69) is 70.4 Å². The molecule has 4 nitrogen and oxygen atoms in total. The van der Waals surface area contributed by atoms with E-state index in [1.807, 2.05) is 19.1 Å². The molecule has 0 saturated heterocycles. The first-order valence-corrected chi connectivity index (χ1v) is 15.1. The summed E-state index contributed by atoms with van der Waals surface area (Å²) in [6, 6.07) is 18.9. The monoisotopic (exact) mass is 524 g/mol. The average Bonchev–Trinajstić information content (AvgIpc) is 2.92. The maximum atomic E-state index is 12.8. The number of benzene rings is 2. The fourth-order valence-corrected chi connectivity index (χ4v) is 4.82. The first-order valence-electron chi connectivity index (χ1n) is 15.1. The predicted octanol–water partition coefficient (Wildman–Crippen LogP) is 8.37. The molecular formula is C34H54NO3+. The molecule has 0 heterocycles. The molecule has 0 aromatic heterocycles. The molecule has 0 fully saturated rings. The summed E-state index contributed by atoms with van der Waals surface area (Å²) in [5.74, 6) is 0.681. The first kappa shape index (κ1) is 31.9. The normalized spacial score (nSPS) is 13.2. The number of carbonyl (C=O) groups excluding carboxylic acids is 1. The van der Waals surface area contributed by atoms with E-state index in [0.717, 1.165) is 42.6 Å². The van der Waals surface area contributed by atoms with Crippen LogP contribution in [-0.4, -0.2) is 43.8 Å². The highest BCUT2D eigenvalue weighted by Gasteiger charge is 2.23. The van der Waals surface area contributed by atoms with Crippen molar-refractivity contribution >= 4 is 5.97 Å². The summed E-state index contributed by atoms with van der Waals surface area (Å²) in [6.07, 6.45) is 13.1. The van der Waals surface area contributed by atoms with Crippen LogP contribution < -0.4 is 4.74 Å². The molecule has 212 valence electrons. The Kier molecular flexibility index (Phi) is 15.1. The van der Waals surface area contributed by atoms with Crippen molar-refractivity contribution in [3.8, 4) is 5.75 Å². The van der Waals surface area contributed by atoms with E-state index in [1.54, 1.807) is 0 Å². The highest BCUT2D eigenvalue weighted by atomic mass is 16.6. The van der Waals surface area contributed by atoms with Crippen molar-refractivity contribution in [3.63, 3.8) is 0 Å². The quantitative estimate of drug-likeness (QED) is 0.0991. The van der Waals surface area contributed by atoms with Crippen molar-refractivity contribution in [3.05, 3.63) is 65.7 Å². The minimum absolute atomic E-state index is 0.126. The van der Waals surface area contributed by atoms with Gasteiger partial charge in [0.2, 0.25) is 0 Å². The lowest BCUT2D eigenvalue weighted by atomic mass is 10.0. The summed E-state index contributed by atoms with van der Waals surface area (Å²) in [5.41, 5.74) is 2.58. The number of esters is 1. The predicted molar refractivity (Wildman–Crippen MR) is 159 cm³/mol. The number of rotatable bonds is 20. The van der Waals surface area contributed by atoms with Crippen molar-refractivity contribution in [2.24, 2.45) is 5.92 Å². The Morgan fingerprint density at radius 1 is 0.842 bits per heavy atom. The average molecular weight is 525 g/mol. The molecule has 0 aliphatic rings. The Morgan fingerprint density at radius 3 is 2.16 bits per heavy atom. The number of quaternary nitrogens is 1. The topological polar surface area (TPSA) is 35.5 Å². The van der Waals surface area contributed by atoms with Gasteiger partial charge in [-0.15, -0.1) is 0 Å². The van der Waals surface area contributed by atoms with Gasteiger partial charge in [0, 0.05) is 12.0 Å². The fraction of sp³-hybridized carbons (Fsp3) is 0.618. The molecule has 2 aromatic carbocycles. The second-order valence-corrected chi connectivity index (χ2v) is 11.6. The van der Waals surface area contributed by atoms with Gasteiger partial charge >= 0.3 is 5.97 Å². The summed E-state index contributed by atoms with van der Waals surface area (Å²) in [5, 5.41) is 0. The third-order valence-electron chi connectivity index (χ3n) is 7.46. The van der Waals surface area contributed by atoms with Crippen LogP contribution >= 0.6 is 0 Å². The molecule has 0 aliphatic heterocycles. The Hall–Kier alpha value is -2.33. The van der Waals surface area contributed by atoms with E-state index in [9.17, 15) is 4.79 Å². The zero-order valence-electron chi connectivity index (χ0n) is 24.9. The first-order chi connectivity index (χ1) is 18.3. The largest absolute Gasteiger partial charge is 0.487 e. The van der Waals surface area contributed by atoms with Crippen LogP contribution in [0.15, 0.2) is 54.6 Å². The zero-order valence-corrected chi connectivity index (χ0v) is 24.9. The summed E-state index contributed by atoms with van der Waals surface area (Å²) >= 11 is 0. The van der Waals surface area contributed by atoms with Crippen LogP contribution in [0.5, 0.6) is 5.75 Å². The molecule has 2 aromatic rings. The number of para-hydroxylation sites is 1. The highest BCUT2D eigenvalue weighted by molar-refractivity contribution is 5.71. The van der Waals surface area contributed by atoms with Crippen LogP contribution in [0.4, 0.5) is 0 Å². The number of hydrogen-bond donors (Lipinski definition) is 0. The lowest BCUT2D eigenvalue weighted by Gasteiger charge is -2.30. The van der Waals surface area contributed by atoms with Crippen LogP contribution in [0.2, 0.25) is 0 Å². The number of carbonyl (C=O) groups is 1. The summed E-state index contributed by atoms with van der Waals surface area (Å²) in [4.78, 5) is 12.8. The third kappa shape index (κ3) is 13.0. The van der Waals surface area contributed by atoms with Gasteiger partial charge < -0.3 is 14.0 Å². The van der Waals surface area contributed by atoms with Crippen LogP contribution in [0.25, 0.3) is 0 Å². The summed E-state index contributed by atoms with van der Waals surface area (Å²) in [7, 11) is 4.44. The van der Waals surface area contributed by atoms with Gasteiger partial charge in [0.25, 0.3) is 0 Å². The molecule has 0 saturated carbocycles. The number of aryl methyl sites for hydroxylation is 1. The van der Waals surface area contributed by atoms with Gasteiger partial charge in [-0.3, -0.25) is 4.79 Å². The van der Waals surface area contributed by atoms with Crippen molar-refractivity contribution in [1.82, 2.24) is 0 Å². The van der Waals surface area contributed by atoms with E-state index in [-0.39, 0.29) is 18.0 Å². The lowest BCUT2D eigenvalue weighted by molar-refractivity contribution is -0.904. The summed E-state index contributed by atoms with van der Waals surface area (Å²) in [6.45, 7) is 8.51. The Morgan fingerprint density at radius 2 is 1.47 bits per heavy atom. The molecule has 0 N–H and O–H groups in total. The molecule has 2 unspecified atom stereocenters. The molecule has 0 aliphatic carbocycles. The van der Waals surface area contributed by atoms with Gasteiger partial charge in [0.1, 0.15) is 25.0 Å². The zero-order chi connectivity index (χ0) is 27.6. The van der Waals surface area contributed by atoms with Crippen molar-refractivity contribution in [1.29, 1.82) is 0 Å². The van der Waals surface area contributed by atoms with Gasteiger partial charge in [-0.2, -0.15) is 0 Å². The van der Waals surface area contributed by atoms with Crippen molar-refractivity contribution in [2.75, 3.05) is 27.2 Å². The summed E-state index contributed by atoms with van der Waals surface area (Å²) < 4.78 is 12.9. The van der Waals surface area contributed by atoms with Crippen LogP contribution in [0.1, 0.15) is 96.1 Å². The SMILES string of the molecule is CCCCCCCCCCc1ccccc1OC(CC)COC(=O)C(C)CC[N+](C)(C)Cc1ccccc1. The Balaban J connectivity index is 1.74. The molecule has 2 atom stereocenters. The minimum atomic E-state index is -0.130. The maximum Gasteiger partial charge on any atom is 0.309 e. The van der Waals surface area contributed by atoms with Crippen LogP contribution in [0, 0.1) is 5.92 Å². The second-order valence-electron chi connectivity index (χ2n) is 11.6. The lowest BCUT2D eigenvalue weighted by Crippen LogP contribution is -2.40. The van der Waals surface area contributed by atoms with Crippen molar-refractivity contribution < 1.29 is 18.8 Å². The molecule has 0 amide bonds. The highest BCUT2D eigenvalue weighted by Crippen LogP contribution is 2.23. The van der Waals surface area contributed by atoms with E-state index in [1.165, 1.54) is 62.5 Å². The minimum Gasteiger partial charge on any atom is -0.487 e. The Bertz CT molecular complexity index is 896. The number of hydrogen-bond acceptors (Lipinski definition) is 3. The molecule has 0 radical (unpaired) electrons. The van der Waals surface area contributed by atoms with Gasteiger partial charge in [-0.25, -0.2) is 0 Å². The molecule has 2 rings (SSSR count). The Labute approximate surface area is 233 Å². The van der Waals surface area contributed by atoms with E-state index in [4.69, 9.17) is 9.47 Å². The van der Waals surface area contributed by atoms with Gasteiger partial charge in [0.05, 0.1) is 26.6 Å². The number of nitrogens with zero attached hydrogens (tertiary/aromatic N) is 1. The third-order valence-corrected chi connectivity index (χ3v) is 7.46. The fourth-order valence-electron chi connectivity index (χ4n) is 4.82. The van der Waals surface area contributed by atoms with Crippen molar-refractivity contribution in [2.45, 2.75) is 104 Å². The number of ether oxygens (including phenoxy) is 2. The van der Waals surface area contributed by atoms with E-state index >= 15 is 0 Å². The number of unbranched alkanes of at least 4 members (excludes halogenated alkanes) is 7. The standard InChI is InChI=1S/C34H54NO3/c1-6-8-9-10-11-12-13-17-22-31-23-18-19-24-33(31)38-32(7-2)28-37-34(36)29(3)25-26-35(4,5)27-30-20-15-14-16-21-30/h14-16,18-21,23-24,29,32H,6-13,17,22,25-28H2,1-5H3/q+1.